The van der Waals surface area contributed by atoms with Crippen molar-refractivity contribution >= 4 is 5.69 Å². The van der Waals surface area contributed by atoms with E-state index in [0.717, 1.165) is 12.2 Å². The Bertz CT molecular complexity index is 370. The highest BCUT2D eigenvalue weighted by Crippen LogP contribution is 2.04. The molecule has 0 radical (unpaired) electrons. The molecule has 0 saturated carbocycles. The fourth-order valence-electron chi connectivity index (χ4n) is 1.31. The molecule has 0 aliphatic rings. The topological polar surface area (TPSA) is 26.2 Å². The number of para-hydroxylation sites is 1. The molecule has 0 spiro atoms. The van der Waals surface area contributed by atoms with Crippen molar-refractivity contribution in [1.29, 1.82) is 0 Å². The molecule has 1 aromatic carbocycles. The molecular formula is C12H14N2O. The van der Waals surface area contributed by atoms with Crippen LogP contribution in [0.4, 0.5) is 5.69 Å². The second-order valence-corrected chi connectivity index (χ2v) is 3.24. The average molecular weight is 202 g/mol. The van der Waals surface area contributed by atoms with E-state index in [1.807, 2.05) is 54.9 Å². The number of nitrogens with zero attached hydrogens (tertiary/aromatic N) is 1. The van der Waals surface area contributed by atoms with Crippen molar-refractivity contribution in [3.05, 3.63) is 54.9 Å². The highest BCUT2D eigenvalue weighted by molar-refractivity contribution is 5.39. The number of hydrogen-bond acceptors (Lipinski definition) is 2. The number of hydrogen-bond donors (Lipinski definition) is 1. The predicted octanol–water partition coefficient (Wildman–Crippen LogP) is 2.53. The van der Waals surface area contributed by atoms with Gasteiger partial charge in [0.1, 0.15) is 0 Å². The lowest BCUT2D eigenvalue weighted by molar-refractivity contribution is 0.183. The molecule has 15 heavy (non-hydrogen) atoms. The van der Waals surface area contributed by atoms with Crippen molar-refractivity contribution in [3.8, 4) is 0 Å². The van der Waals surface area contributed by atoms with Crippen molar-refractivity contribution in [2.45, 2.75) is 6.54 Å². The van der Waals surface area contributed by atoms with Crippen LogP contribution in [0, 0.1) is 0 Å². The SMILES string of the molecule is c1ccc(NOCCn2cccc2)cc1. The number of benzene rings is 1. The van der Waals surface area contributed by atoms with Gasteiger partial charge in [0.15, 0.2) is 0 Å². The first-order chi connectivity index (χ1) is 7.45. The first-order valence-corrected chi connectivity index (χ1v) is 4.99. The summed E-state index contributed by atoms with van der Waals surface area (Å²) in [4.78, 5) is 5.32. The lowest BCUT2D eigenvalue weighted by Crippen LogP contribution is -2.08. The zero-order chi connectivity index (χ0) is 10.3. The second-order valence-electron chi connectivity index (χ2n) is 3.24. The summed E-state index contributed by atoms with van der Waals surface area (Å²) in [5, 5.41) is 0. The van der Waals surface area contributed by atoms with E-state index in [-0.39, 0.29) is 0 Å². The molecule has 0 aliphatic carbocycles. The van der Waals surface area contributed by atoms with E-state index in [1.54, 1.807) is 0 Å². The van der Waals surface area contributed by atoms with Crippen LogP contribution in [0.5, 0.6) is 0 Å². The summed E-state index contributed by atoms with van der Waals surface area (Å²) >= 11 is 0. The van der Waals surface area contributed by atoms with Gasteiger partial charge in [-0.2, -0.15) is 0 Å². The number of rotatable bonds is 5. The van der Waals surface area contributed by atoms with Crippen LogP contribution in [-0.4, -0.2) is 11.2 Å². The van der Waals surface area contributed by atoms with Gasteiger partial charge in [0.25, 0.3) is 0 Å². The monoisotopic (exact) mass is 202 g/mol. The molecule has 0 unspecified atom stereocenters. The van der Waals surface area contributed by atoms with Gasteiger partial charge in [0.2, 0.25) is 0 Å². The van der Waals surface area contributed by atoms with Crippen LogP contribution in [0.2, 0.25) is 0 Å². The summed E-state index contributed by atoms with van der Waals surface area (Å²) < 4.78 is 2.08. The van der Waals surface area contributed by atoms with E-state index in [0.29, 0.717) is 6.61 Å². The van der Waals surface area contributed by atoms with Crippen molar-refractivity contribution in [2.24, 2.45) is 0 Å². The van der Waals surface area contributed by atoms with Crippen molar-refractivity contribution in [3.63, 3.8) is 0 Å². The van der Waals surface area contributed by atoms with E-state index in [4.69, 9.17) is 4.84 Å². The summed E-state index contributed by atoms with van der Waals surface area (Å²) in [6, 6.07) is 13.9. The van der Waals surface area contributed by atoms with E-state index in [9.17, 15) is 0 Å². The van der Waals surface area contributed by atoms with Gasteiger partial charge in [-0.1, -0.05) is 18.2 Å². The van der Waals surface area contributed by atoms with Crippen LogP contribution < -0.4 is 5.48 Å². The number of aromatic nitrogens is 1. The third-order valence-electron chi connectivity index (χ3n) is 2.08. The molecule has 1 aromatic heterocycles. The molecule has 78 valence electrons. The molecule has 1 heterocycles. The standard InChI is InChI=1S/C12H14N2O/c1-2-6-12(7-3-1)13-15-11-10-14-8-4-5-9-14/h1-9,13H,10-11H2. The molecule has 2 rings (SSSR count). The molecule has 0 atom stereocenters. The Hall–Kier alpha value is -1.74. The maximum absolute atomic E-state index is 5.32. The maximum atomic E-state index is 5.32. The largest absolute Gasteiger partial charge is 0.352 e. The van der Waals surface area contributed by atoms with Gasteiger partial charge in [-0.25, -0.2) is 0 Å². The van der Waals surface area contributed by atoms with Gasteiger partial charge in [-0.3, -0.25) is 10.3 Å². The quantitative estimate of drug-likeness (QED) is 0.595. The van der Waals surface area contributed by atoms with Gasteiger partial charge >= 0.3 is 0 Å². The minimum absolute atomic E-state index is 0.642. The van der Waals surface area contributed by atoms with Crippen molar-refractivity contribution in [1.82, 2.24) is 4.57 Å². The minimum atomic E-state index is 0.642. The average Bonchev–Trinajstić information content (AvgIpc) is 2.79. The molecule has 0 aliphatic heterocycles. The highest BCUT2D eigenvalue weighted by atomic mass is 16.6. The maximum Gasteiger partial charge on any atom is 0.0924 e. The van der Waals surface area contributed by atoms with Crippen LogP contribution in [0.1, 0.15) is 0 Å². The van der Waals surface area contributed by atoms with Gasteiger partial charge in [0.05, 0.1) is 12.3 Å². The summed E-state index contributed by atoms with van der Waals surface area (Å²) in [7, 11) is 0. The molecule has 0 amide bonds. The Morgan fingerprint density at radius 1 is 1.00 bits per heavy atom. The normalized spacial score (nSPS) is 10.1. The molecular weight excluding hydrogens is 188 g/mol. The summed E-state index contributed by atoms with van der Waals surface area (Å²) in [6.45, 7) is 1.50. The van der Waals surface area contributed by atoms with Crippen LogP contribution in [0.25, 0.3) is 0 Å². The molecule has 0 fully saturated rings. The molecule has 3 nitrogen and oxygen atoms in total. The molecule has 1 N–H and O–H groups in total. The zero-order valence-electron chi connectivity index (χ0n) is 8.47. The summed E-state index contributed by atoms with van der Waals surface area (Å²) in [5.74, 6) is 0. The Balaban J connectivity index is 1.68. The molecule has 3 heteroatoms. The van der Waals surface area contributed by atoms with E-state index in [1.165, 1.54) is 0 Å². The van der Waals surface area contributed by atoms with Crippen LogP contribution in [0.15, 0.2) is 54.9 Å². The molecule has 2 aromatic rings. The number of nitrogens with one attached hydrogen (secondary N) is 1. The smallest absolute Gasteiger partial charge is 0.0924 e. The fraction of sp³-hybridized carbons (Fsp3) is 0.167. The Kier molecular flexibility index (Phi) is 3.41. The Morgan fingerprint density at radius 2 is 1.73 bits per heavy atom. The first kappa shape index (κ1) is 9.80. The second kappa shape index (κ2) is 5.22. The lowest BCUT2D eigenvalue weighted by atomic mass is 10.3. The summed E-state index contributed by atoms with van der Waals surface area (Å²) in [5.41, 5.74) is 3.87. The van der Waals surface area contributed by atoms with Crippen molar-refractivity contribution < 1.29 is 4.84 Å². The van der Waals surface area contributed by atoms with Crippen molar-refractivity contribution in [2.75, 3.05) is 12.1 Å². The van der Waals surface area contributed by atoms with E-state index < -0.39 is 0 Å². The Morgan fingerprint density at radius 3 is 2.47 bits per heavy atom. The minimum Gasteiger partial charge on any atom is -0.352 e. The van der Waals surface area contributed by atoms with Gasteiger partial charge in [-0.15, -0.1) is 0 Å². The summed E-state index contributed by atoms with van der Waals surface area (Å²) in [6.07, 6.45) is 4.04. The predicted molar refractivity (Wildman–Crippen MR) is 60.4 cm³/mol. The lowest BCUT2D eigenvalue weighted by Gasteiger charge is -2.07. The van der Waals surface area contributed by atoms with Gasteiger partial charge < -0.3 is 4.57 Å². The zero-order valence-corrected chi connectivity index (χ0v) is 8.47. The third-order valence-corrected chi connectivity index (χ3v) is 2.08. The van der Waals surface area contributed by atoms with E-state index >= 15 is 0 Å². The number of anilines is 1. The van der Waals surface area contributed by atoms with Crippen LogP contribution >= 0.6 is 0 Å². The molecule has 0 saturated heterocycles. The fourth-order valence-corrected chi connectivity index (χ4v) is 1.31. The highest BCUT2D eigenvalue weighted by Gasteiger charge is 1.91. The molecule has 0 bridgehead atoms. The third kappa shape index (κ3) is 3.14. The van der Waals surface area contributed by atoms with Gasteiger partial charge in [0, 0.05) is 18.9 Å². The van der Waals surface area contributed by atoms with E-state index in [2.05, 4.69) is 10.0 Å². The van der Waals surface area contributed by atoms with Crippen LogP contribution in [0.3, 0.4) is 0 Å². The van der Waals surface area contributed by atoms with Gasteiger partial charge in [-0.05, 0) is 24.3 Å². The van der Waals surface area contributed by atoms with Crippen LogP contribution in [-0.2, 0) is 11.4 Å². The Labute approximate surface area is 89.3 Å². The first-order valence-electron chi connectivity index (χ1n) is 4.99.